The Hall–Kier alpha value is -0.643. The van der Waals surface area contributed by atoms with Gasteiger partial charge in [-0.3, -0.25) is 0 Å². The topological polar surface area (TPSA) is 18.5 Å². The first-order valence-electron chi connectivity index (χ1n) is 7.64. The van der Waals surface area contributed by atoms with Crippen LogP contribution in [0.25, 0.3) is 0 Å². The normalized spacial score (nSPS) is 11.2. The van der Waals surface area contributed by atoms with E-state index in [1.165, 1.54) is 23.6 Å². The molecule has 0 unspecified atom stereocenters. The molecule has 0 aromatic heterocycles. The van der Waals surface area contributed by atoms with E-state index in [9.17, 15) is 0 Å². The van der Waals surface area contributed by atoms with Crippen LogP contribution >= 0.6 is 0 Å². The summed E-state index contributed by atoms with van der Waals surface area (Å²) in [7, 11) is -1.71. The summed E-state index contributed by atoms with van der Waals surface area (Å²) in [5, 5.41) is 1.35. The predicted molar refractivity (Wildman–Crippen MR) is 84.3 cm³/mol. The van der Waals surface area contributed by atoms with Crippen LogP contribution in [0.5, 0.6) is 0 Å². The van der Waals surface area contributed by atoms with Crippen LogP contribution in [0.4, 0.5) is 0 Å². The molecule has 0 aliphatic carbocycles. The molecule has 0 amide bonds. The van der Waals surface area contributed by atoms with Gasteiger partial charge in [0, 0.05) is 13.2 Å². The molecule has 108 valence electrons. The zero-order valence-electron chi connectivity index (χ0n) is 12.7. The highest BCUT2D eigenvalue weighted by Crippen LogP contribution is 2.06. The first-order valence-corrected chi connectivity index (χ1v) is 9.16. The molecule has 0 fully saturated rings. The first kappa shape index (κ1) is 16.4. The monoisotopic (exact) mass is 280 g/mol. The largest absolute Gasteiger partial charge is 0.393 e. The van der Waals surface area contributed by atoms with Gasteiger partial charge in [0.05, 0.1) is 0 Å². The Labute approximate surface area is 120 Å². The zero-order valence-corrected chi connectivity index (χ0v) is 13.8. The highest BCUT2D eigenvalue weighted by molar-refractivity contribution is 6.61. The molecule has 0 N–H and O–H groups in total. The van der Waals surface area contributed by atoms with E-state index in [-0.39, 0.29) is 0 Å². The fourth-order valence-corrected chi connectivity index (χ4v) is 4.20. The van der Waals surface area contributed by atoms with Crippen molar-refractivity contribution in [2.75, 3.05) is 13.2 Å². The van der Waals surface area contributed by atoms with Crippen molar-refractivity contribution in [2.24, 2.45) is 0 Å². The summed E-state index contributed by atoms with van der Waals surface area (Å²) < 4.78 is 12.0. The Morgan fingerprint density at radius 2 is 1.53 bits per heavy atom. The van der Waals surface area contributed by atoms with E-state index in [1.807, 2.05) is 0 Å². The van der Waals surface area contributed by atoms with Gasteiger partial charge in [-0.2, -0.15) is 0 Å². The molecule has 1 aromatic rings. The molecule has 0 aliphatic heterocycles. The van der Waals surface area contributed by atoms with E-state index >= 15 is 0 Å². The van der Waals surface area contributed by atoms with Crippen molar-refractivity contribution in [3.8, 4) is 0 Å². The molecule has 2 nitrogen and oxygen atoms in total. The lowest BCUT2D eigenvalue weighted by Crippen LogP contribution is -2.39. The van der Waals surface area contributed by atoms with Crippen molar-refractivity contribution >= 4 is 14.5 Å². The smallest absolute Gasteiger partial charge is 0.356 e. The summed E-state index contributed by atoms with van der Waals surface area (Å²) in [6, 6.07) is 8.66. The van der Waals surface area contributed by atoms with Crippen molar-refractivity contribution < 1.29 is 8.85 Å². The second-order valence-corrected chi connectivity index (χ2v) is 6.83. The van der Waals surface area contributed by atoms with Crippen LogP contribution in [0, 0.1) is 0 Å². The van der Waals surface area contributed by atoms with Gasteiger partial charge < -0.3 is 8.85 Å². The number of hydrogen-bond donors (Lipinski definition) is 0. The highest BCUT2D eigenvalue weighted by Gasteiger charge is 2.19. The lowest BCUT2D eigenvalue weighted by atomic mass is 10.1. The SMILES string of the molecule is CCCCc1ccccc1[SiH](OCCC)OCCC. The second kappa shape index (κ2) is 10.2. The lowest BCUT2D eigenvalue weighted by Gasteiger charge is -2.19. The molecular formula is C16H28O2Si. The standard InChI is InChI=1S/C16H28O2Si/c1-4-7-10-15-11-8-9-12-16(15)19(17-13-5-2)18-14-6-3/h8-9,11-12,19H,4-7,10,13-14H2,1-3H3. The van der Waals surface area contributed by atoms with Crippen LogP contribution < -0.4 is 5.19 Å². The van der Waals surface area contributed by atoms with Crippen LogP contribution in [-0.2, 0) is 15.3 Å². The first-order chi connectivity index (χ1) is 9.33. The van der Waals surface area contributed by atoms with E-state index in [4.69, 9.17) is 8.85 Å². The van der Waals surface area contributed by atoms with Crippen molar-refractivity contribution in [3.05, 3.63) is 29.8 Å². The summed E-state index contributed by atoms with van der Waals surface area (Å²) >= 11 is 0. The molecule has 0 saturated carbocycles. The fraction of sp³-hybridized carbons (Fsp3) is 0.625. The fourth-order valence-electron chi connectivity index (χ4n) is 2.04. The van der Waals surface area contributed by atoms with Gasteiger partial charge in [-0.1, -0.05) is 51.5 Å². The Morgan fingerprint density at radius 1 is 0.895 bits per heavy atom. The zero-order chi connectivity index (χ0) is 13.9. The third-order valence-corrected chi connectivity index (χ3v) is 5.20. The number of rotatable bonds is 10. The van der Waals surface area contributed by atoms with Crippen LogP contribution in [-0.4, -0.2) is 22.5 Å². The van der Waals surface area contributed by atoms with E-state index in [0.717, 1.165) is 32.5 Å². The quantitative estimate of drug-likeness (QED) is 0.612. The van der Waals surface area contributed by atoms with Crippen LogP contribution in [0.1, 0.15) is 52.0 Å². The van der Waals surface area contributed by atoms with Gasteiger partial charge >= 0.3 is 9.28 Å². The van der Waals surface area contributed by atoms with E-state index in [2.05, 4.69) is 45.0 Å². The van der Waals surface area contributed by atoms with E-state index in [1.54, 1.807) is 0 Å². The van der Waals surface area contributed by atoms with Gasteiger partial charge in [0.25, 0.3) is 0 Å². The molecule has 1 rings (SSSR count). The van der Waals surface area contributed by atoms with Gasteiger partial charge in [-0.15, -0.1) is 0 Å². The van der Waals surface area contributed by atoms with Crippen LogP contribution in [0.3, 0.4) is 0 Å². The van der Waals surface area contributed by atoms with E-state index < -0.39 is 9.28 Å². The third kappa shape index (κ3) is 5.89. The highest BCUT2D eigenvalue weighted by atomic mass is 28.3. The Balaban J connectivity index is 2.79. The maximum Gasteiger partial charge on any atom is 0.356 e. The molecular weight excluding hydrogens is 252 g/mol. The Morgan fingerprint density at radius 3 is 2.11 bits per heavy atom. The molecule has 3 heteroatoms. The average Bonchev–Trinajstić information content (AvgIpc) is 2.46. The van der Waals surface area contributed by atoms with Crippen molar-refractivity contribution in [1.29, 1.82) is 0 Å². The minimum Gasteiger partial charge on any atom is -0.393 e. The van der Waals surface area contributed by atoms with Gasteiger partial charge in [-0.25, -0.2) is 0 Å². The average molecular weight is 280 g/mol. The number of unbranched alkanes of at least 4 members (excludes halogenated alkanes) is 1. The summed E-state index contributed by atoms with van der Waals surface area (Å²) in [5.41, 5.74) is 1.42. The molecule has 0 saturated heterocycles. The van der Waals surface area contributed by atoms with Gasteiger partial charge in [0.1, 0.15) is 0 Å². The Bertz CT molecular complexity index is 333. The minimum absolute atomic E-state index is 0.808. The summed E-state index contributed by atoms with van der Waals surface area (Å²) in [4.78, 5) is 0. The minimum atomic E-state index is -1.71. The summed E-state index contributed by atoms with van der Waals surface area (Å²) in [5.74, 6) is 0. The number of hydrogen-bond acceptors (Lipinski definition) is 2. The number of aryl methyl sites for hydroxylation is 1. The molecule has 19 heavy (non-hydrogen) atoms. The molecule has 1 aromatic carbocycles. The molecule has 0 atom stereocenters. The maximum absolute atomic E-state index is 6.02. The molecule has 0 bridgehead atoms. The van der Waals surface area contributed by atoms with Gasteiger partial charge in [-0.05, 0) is 36.4 Å². The van der Waals surface area contributed by atoms with E-state index in [0.29, 0.717) is 0 Å². The number of benzene rings is 1. The van der Waals surface area contributed by atoms with Crippen LogP contribution in [0.2, 0.25) is 0 Å². The summed E-state index contributed by atoms with van der Waals surface area (Å²) in [6.07, 6.45) is 5.71. The maximum atomic E-state index is 6.02. The molecule has 0 radical (unpaired) electrons. The lowest BCUT2D eigenvalue weighted by molar-refractivity contribution is 0.207. The summed E-state index contributed by atoms with van der Waals surface area (Å²) in [6.45, 7) is 8.15. The Kier molecular flexibility index (Phi) is 8.79. The molecule has 0 spiro atoms. The predicted octanol–water partition coefficient (Wildman–Crippen LogP) is 3.31. The van der Waals surface area contributed by atoms with Crippen molar-refractivity contribution in [2.45, 2.75) is 52.9 Å². The van der Waals surface area contributed by atoms with Gasteiger partial charge in [0.2, 0.25) is 0 Å². The van der Waals surface area contributed by atoms with Crippen LogP contribution in [0.15, 0.2) is 24.3 Å². The van der Waals surface area contributed by atoms with Crippen molar-refractivity contribution in [1.82, 2.24) is 0 Å². The van der Waals surface area contributed by atoms with Crippen molar-refractivity contribution in [3.63, 3.8) is 0 Å². The van der Waals surface area contributed by atoms with Gasteiger partial charge in [0.15, 0.2) is 0 Å². The molecule has 0 heterocycles. The second-order valence-electron chi connectivity index (χ2n) is 4.88. The third-order valence-electron chi connectivity index (χ3n) is 3.06. The molecule has 0 aliphatic rings.